The fourth-order valence-corrected chi connectivity index (χ4v) is 3.13. The predicted octanol–water partition coefficient (Wildman–Crippen LogP) is 2.12. The molecule has 1 aliphatic rings. The van der Waals surface area contributed by atoms with Crippen molar-refractivity contribution in [3.8, 4) is 0 Å². The number of aryl methyl sites for hydroxylation is 2. The molecule has 0 aliphatic carbocycles. The zero-order chi connectivity index (χ0) is 14.8. The third-order valence-corrected chi connectivity index (χ3v) is 4.55. The van der Waals surface area contributed by atoms with Crippen molar-refractivity contribution in [2.75, 3.05) is 31.1 Å². The van der Waals surface area contributed by atoms with Crippen LogP contribution in [0, 0.1) is 13.8 Å². The van der Waals surface area contributed by atoms with Crippen molar-refractivity contribution in [3.05, 3.63) is 40.4 Å². The van der Waals surface area contributed by atoms with E-state index < -0.39 is 0 Å². The van der Waals surface area contributed by atoms with Crippen molar-refractivity contribution in [2.45, 2.75) is 13.8 Å². The van der Waals surface area contributed by atoms with Crippen LogP contribution >= 0.6 is 11.3 Å². The van der Waals surface area contributed by atoms with Gasteiger partial charge in [0.25, 0.3) is 5.91 Å². The first-order valence-electron chi connectivity index (χ1n) is 7.04. The fourth-order valence-electron chi connectivity index (χ4n) is 2.39. The van der Waals surface area contributed by atoms with Gasteiger partial charge in [0.1, 0.15) is 5.01 Å². The van der Waals surface area contributed by atoms with Crippen LogP contribution in [0.3, 0.4) is 0 Å². The molecular formula is C15H18N4OS. The zero-order valence-corrected chi connectivity index (χ0v) is 13.1. The lowest BCUT2D eigenvalue weighted by Gasteiger charge is -2.34. The molecule has 0 N–H and O–H groups in total. The number of benzene rings is 1. The summed E-state index contributed by atoms with van der Waals surface area (Å²) in [5.41, 5.74) is 1.93. The lowest BCUT2D eigenvalue weighted by molar-refractivity contribution is 0.0747. The van der Waals surface area contributed by atoms with Gasteiger partial charge in [0.2, 0.25) is 5.13 Å². The fraction of sp³-hybridized carbons (Fsp3) is 0.400. The van der Waals surface area contributed by atoms with Crippen LogP contribution in [0.15, 0.2) is 24.3 Å². The molecule has 2 aromatic rings. The van der Waals surface area contributed by atoms with Crippen LogP contribution in [0.25, 0.3) is 0 Å². The van der Waals surface area contributed by atoms with Crippen molar-refractivity contribution in [3.63, 3.8) is 0 Å². The second-order valence-corrected chi connectivity index (χ2v) is 6.41. The van der Waals surface area contributed by atoms with Crippen molar-refractivity contribution < 1.29 is 4.79 Å². The van der Waals surface area contributed by atoms with Gasteiger partial charge in [-0.2, -0.15) is 0 Å². The monoisotopic (exact) mass is 302 g/mol. The molecule has 1 fully saturated rings. The van der Waals surface area contributed by atoms with Gasteiger partial charge >= 0.3 is 0 Å². The molecule has 0 saturated carbocycles. The molecule has 1 amide bonds. The van der Waals surface area contributed by atoms with E-state index in [0.717, 1.165) is 41.9 Å². The van der Waals surface area contributed by atoms with Gasteiger partial charge in [-0.3, -0.25) is 4.79 Å². The summed E-state index contributed by atoms with van der Waals surface area (Å²) in [7, 11) is 0. The molecule has 21 heavy (non-hydrogen) atoms. The lowest BCUT2D eigenvalue weighted by Crippen LogP contribution is -2.48. The number of rotatable bonds is 2. The average molecular weight is 302 g/mol. The molecule has 3 rings (SSSR count). The van der Waals surface area contributed by atoms with E-state index in [1.54, 1.807) is 11.3 Å². The van der Waals surface area contributed by atoms with E-state index in [4.69, 9.17) is 0 Å². The van der Waals surface area contributed by atoms with E-state index in [1.165, 1.54) is 5.56 Å². The van der Waals surface area contributed by atoms with Gasteiger partial charge in [0.15, 0.2) is 0 Å². The summed E-state index contributed by atoms with van der Waals surface area (Å²) in [5.74, 6) is 0.114. The quantitative estimate of drug-likeness (QED) is 0.852. The van der Waals surface area contributed by atoms with Crippen LogP contribution in [-0.4, -0.2) is 47.2 Å². The van der Waals surface area contributed by atoms with Crippen LogP contribution in [0.2, 0.25) is 0 Å². The molecule has 0 radical (unpaired) electrons. The number of amides is 1. The van der Waals surface area contributed by atoms with Crippen LogP contribution < -0.4 is 4.90 Å². The molecule has 1 saturated heterocycles. The van der Waals surface area contributed by atoms with Gasteiger partial charge in [-0.05, 0) is 26.0 Å². The molecular weight excluding hydrogens is 284 g/mol. The lowest BCUT2D eigenvalue weighted by atomic mass is 10.1. The highest BCUT2D eigenvalue weighted by atomic mass is 32.1. The predicted molar refractivity (Wildman–Crippen MR) is 83.9 cm³/mol. The van der Waals surface area contributed by atoms with Gasteiger partial charge in [0, 0.05) is 31.7 Å². The van der Waals surface area contributed by atoms with Crippen LogP contribution in [0.4, 0.5) is 5.13 Å². The van der Waals surface area contributed by atoms with Crippen LogP contribution in [-0.2, 0) is 0 Å². The topological polar surface area (TPSA) is 49.3 Å². The molecule has 110 valence electrons. The minimum atomic E-state index is 0.114. The summed E-state index contributed by atoms with van der Waals surface area (Å²) in [5, 5.41) is 10.1. The van der Waals surface area contributed by atoms with Crippen molar-refractivity contribution >= 4 is 22.4 Å². The first-order chi connectivity index (χ1) is 10.1. The Balaban J connectivity index is 1.63. The van der Waals surface area contributed by atoms with E-state index >= 15 is 0 Å². The molecule has 6 heteroatoms. The number of hydrogen-bond acceptors (Lipinski definition) is 5. The number of nitrogens with zero attached hydrogens (tertiary/aromatic N) is 4. The minimum absolute atomic E-state index is 0.114. The maximum atomic E-state index is 12.4. The first kappa shape index (κ1) is 14.0. The number of hydrogen-bond donors (Lipinski definition) is 0. The Morgan fingerprint density at radius 1 is 1.05 bits per heavy atom. The Hall–Kier alpha value is -1.95. The SMILES string of the molecule is Cc1ccc(C(=O)N2CCN(c3nnc(C)s3)CC2)cc1. The number of aromatic nitrogens is 2. The van der Waals surface area contributed by atoms with Crippen LogP contribution in [0.5, 0.6) is 0 Å². The van der Waals surface area contributed by atoms with Gasteiger partial charge in [-0.1, -0.05) is 29.0 Å². The van der Waals surface area contributed by atoms with Crippen molar-refractivity contribution in [2.24, 2.45) is 0 Å². The number of carbonyl (C=O) groups excluding carboxylic acids is 1. The molecule has 0 unspecified atom stereocenters. The minimum Gasteiger partial charge on any atom is -0.343 e. The largest absolute Gasteiger partial charge is 0.343 e. The zero-order valence-electron chi connectivity index (χ0n) is 12.2. The Kier molecular flexibility index (Phi) is 3.88. The summed E-state index contributed by atoms with van der Waals surface area (Å²) in [6, 6.07) is 7.76. The van der Waals surface area contributed by atoms with Gasteiger partial charge in [-0.25, -0.2) is 0 Å². The highest BCUT2D eigenvalue weighted by Crippen LogP contribution is 2.21. The highest BCUT2D eigenvalue weighted by Gasteiger charge is 2.23. The summed E-state index contributed by atoms with van der Waals surface area (Å²) in [6.45, 7) is 7.06. The molecule has 0 spiro atoms. The third kappa shape index (κ3) is 3.05. The third-order valence-electron chi connectivity index (χ3n) is 3.65. The summed E-state index contributed by atoms with van der Waals surface area (Å²) >= 11 is 1.60. The van der Waals surface area contributed by atoms with Gasteiger partial charge in [0.05, 0.1) is 0 Å². The maximum Gasteiger partial charge on any atom is 0.253 e. The first-order valence-corrected chi connectivity index (χ1v) is 7.86. The number of carbonyl (C=O) groups is 1. The number of anilines is 1. The second kappa shape index (κ2) is 5.81. The van der Waals surface area contributed by atoms with E-state index in [1.807, 2.05) is 43.0 Å². The Bertz CT molecular complexity index is 629. The van der Waals surface area contributed by atoms with Crippen molar-refractivity contribution in [1.82, 2.24) is 15.1 Å². The molecule has 1 aliphatic heterocycles. The normalized spacial score (nSPS) is 15.3. The molecule has 1 aromatic carbocycles. The van der Waals surface area contributed by atoms with Crippen molar-refractivity contribution in [1.29, 1.82) is 0 Å². The standard InChI is InChI=1S/C15H18N4OS/c1-11-3-5-13(6-4-11)14(20)18-7-9-19(10-8-18)15-17-16-12(2)21-15/h3-6H,7-10H2,1-2H3. The molecule has 5 nitrogen and oxygen atoms in total. The van der Waals surface area contributed by atoms with E-state index in [9.17, 15) is 4.79 Å². The Morgan fingerprint density at radius 2 is 1.71 bits per heavy atom. The maximum absolute atomic E-state index is 12.4. The van der Waals surface area contributed by atoms with E-state index in [-0.39, 0.29) is 5.91 Å². The highest BCUT2D eigenvalue weighted by molar-refractivity contribution is 7.15. The van der Waals surface area contributed by atoms with Gasteiger partial charge in [-0.15, -0.1) is 10.2 Å². The Labute approximate surface area is 128 Å². The number of piperazine rings is 1. The summed E-state index contributed by atoms with van der Waals surface area (Å²) in [4.78, 5) is 16.6. The second-order valence-electron chi connectivity index (χ2n) is 5.25. The molecule has 0 atom stereocenters. The summed E-state index contributed by atoms with van der Waals surface area (Å²) in [6.07, 6.45) is 0. The molecule has 0 bridgehead atoms. The Morgan fingerprint density at radius 3 is 2.29 bits per heavy atom. The molecule has 1 aromatic heterocycles. The van der Waals surface area contributed by atoms with E-state index in [2.05, 4.69) is 15.1 Å². The van der Waals surface area contributed by atoms with Gasteiger partial charge < -0.3 is 9.80 Å². The summed E-state index contributed by atoms with van der Waals surface area (Å²) < 4.78 is 0. The smallest absolute Gasteiger partial charge is 0.253 e. The van der Waals surface area contributed by atoms with E-state index in [0.29, 0.717) is 0 Å². The van der Waals surface area contributed by atoms with Crippen LogP contribution in [0.1, 0.15) is 20.9 Å². The average Bonchev–Trinajstić information content (AvgIpc) is 2.94. The molecule has 2 heterocycles.